The molecule has 102 valence electrons. The van der Waals surface area contributed by atoms with Crippen molar-refractivity contribution < 1.29 is 0 Å². The van der Waals surface area contributed by atoms with E-state index in [1.165, 1.54) is 0 Å². The van der Waals surface area contributed by atoms with Gasteiger partial charge >= 0.3 is 0 Å². The van der Waals surface area contributed by atoms with Gasteiger partial charge in [-0.2, -0.15) is 0 Å². The summed E-state index contributed by atoms with van der Waals surface area (Å²) in [6.07, 6.45) is 2.04. The minimum absolute atomic E-state index is 0.582. The molecule has 0 bridgehead atoms. The summed E-state index contributed by atoms with van der Waals surface area (Å²) >= 11 is 7.07. The third-order valence-corrected chi connectivity index (χ3v) is 3.79. The fraction of sp³-hybridized carbons (Fsp3) is 0.357. The maximum Gasteiger partial charge on any atom is 0.207 e. The minimum atomic E-state index is 0.582. The van der Waals surface area contributed by atoms with Gasteiger partial charge in [-0.3, -0.25) is 4.57 Å². The molecule has 0 atom stereocenters. The van der Waals surface area contributed by atoms with E-state index < -0.39 is 0 Å². The first-order valence-corrected chi connectivity index (χ1v) is 7.81. The molecule has 0 saturated carbocycles. The summed E-state index contributed by atoms with van der Waals surface area (Å²) in [5, 5.41) is 3.39. The van der Waals surface area contributed by atoms with Crippen molar-refractivity contribution in [1.29, 1.82) is 0 Å². The van der Waals surface area contributed by atoms with Gasteiger partial charge in [0.25, 0.3) is 0 Å². The number of aryl methyl sites for hydroxylation is 1. The van der Waals surface area contributed by atoms with Crippen LogP contribution in [-0.2, 0) is 0 Å². The highest BCUT2D eigenvalue weighted by atomic mass is 79.9. The Hall–Kier alpha value is -0.810. The van der Waals surface area contributed by atoms with Crippen molar-refractivity contribution in [2.24, 2.45) is 5.92 Å². The number of imidazole rings is 1. The molecule has 0 aliphatic carbocycles. The van der Waals surface area contributed by atoms with Gasteiger partial charge in [-0.05, 0) is 47.0 Å². The molecule has 0 spiro atoms. The van der Waals surface area contributed by atoms with Crippen LogP contribution in [0.3, 0.4) is 0 Å². The van der Waals surface area contributed by atoms with Crippen LogP contribution in [0.25, 0.3) is 5.69 Å². The van der Waals surface area contributed by atoms with Crippen LogP contribution < -0.4 is 5.32 Å². The molecule has 2 aromatic rings. The summed E-state index contributed by atoms with van der Waals surface area (Å²) in [7, 11) is 0. The van der Waals surface area contributed by atoms with Gasteiger partial charge < -0.3 is 5.32 Å². The Morgan fingerprint density at radius 1 is 1.32 bits per heavy atom. The second-order valence-corrected chi connectivity index (χ2v) is 6.72. The Bertz CT molecular complexity index is 576. The van der Waals surface area contributed by atoms with Crippen molar-refractivity contribution in [3.8, 4) is 5.69 Å². The first kappa shape index (κ1) is 14.6. The van der Waals surface area contributed by atoms with Crippen molar-refractivity contribution in [1.82, 2.24) is 9.55 Å². The van der Waals surface area contributed by atoms with Gasteiger partial charge in [0.05, 0.1) is 11.4 Å². The SMILES string of the molecule is Cc1cn(-c2ccc(Br)cc2Br)c(NCC(C)C)n1. The standard InChI is InChI=1S/C14H17Br2N3/c1-9(2)7-17-14-18-10(3)8-19(14)13-5-4-11(15)6-12(13)16/h4-6,8-9H,7H2,1-3H3,(H,17,18). The molecular weight excluding hydrogens is 370 g/mol. The summed E-state index contributed by atoms with van der Waals surface area (Å²) in [4.78, 5) is 4.54. The van der Waals surface area contributed by atoms with Gasteiger partial charge in [-0.1, -0.05) is 29.8 Å². The van der Waals surface area contributed by atoms with Crippen molar-refractivity contribution in [2.75, 3.05) is 11.9 Å². The number of nitrogens with one attached hydrogen (secondary N) is 1. The van der Waals surface area contributed by atoms with Crippen LogP contribution in [0.1, 0.15) is 19.5 Å². The number of hydrogen-bond acceptors (Lipinski definition) is 2. The van der Waals surface area contributed by atoms with Crippen LogP contribution >= 0.6 is 31.9 Å². The van der Waals surface area contributed by atoms with E-state index in [-0.39, 0.29) is 0 Å². The molecule has 0 amide bonds. The lowest BCUT2D eigenvalue weighted by Crippen LogP contribution is -2.12. The number of halogens is 2. The first-order chi connectivity index (χ1) is 8.97. The number of hydrogen-bond donors (Lipinski definition) is 1. The maximum absolute atomic E-state index is 4.54. The van der Waals surface area contributed by atoms with Crippen LogP contribution in [0.15, 0.2) is 33.3 Å². The molecule has 1 heterocycles. The number of aromatic nitrogens is 2. The highest BCUT2D eigenvalue weighted by Crippen LogP contribution is 2.27. The summed E-state index contributed by atoms with van der Waals surface area (Å²) in [6.45, 7) is 7.28. The molecule has 1 aromatic heterocycles. The molecule has 0 unspecified atom stereocenters. The molecule has 2 rings (SSSR count). The normalized spacial score (nSPS) is 11.1. The lowest BCUT2D eigenvalue weighted by Gasteiger charge is -2.12. The van der Waals surface area contributed by atoms with Crippen LogP contribution in [-0.4, -0.2) is 16.1 Å². The number of benzene rings is 1. The van der Waals surface area contributed by atoms with Crippen molar-refractivity contribution >= 4 is 37.8 Å². The van der Waals surface area contributed by atoms with Crippen LogP contribution in [0.4, 0.5) is 5.95 Å². The molecule has 5 heteroatoms. The third-order valence-electron chi connectivity index (χ3n) is 2.66. The lowest BCUT2D eigenvalue weighted by atomic mass is 10.2. The first-order valence-electron chi connectivity index (χ1n) is 6.22. The Morgan fingerprint density at radius 2 is 2.05 bits per heavy atom. The van der Waals surface area contributed by atoms with Gasteiger partial charge in [-0.25, -0.2) is 4.98 Å². The Balaban J connectivity index is 2.38. The van der Waals surface area contributed by atoms with E-state index in [0.29, 0.717) is 5.92 Å². The van der Waals surface area contributed by atoms with E-state index in [1.807, 2.05) is 25.3 Å². The summed E-state index contributed by atoms with van der Waals surface area (Å²) in [5.41, 5.74) is 2.08. The zero-order valence-electron chi connectivity index (χ0n) is 11.2. The quantitative estimate of drug-likeness (QED) is 0.819. The molecular formula is C14H17Br2N3. The van der Waals surface area contributed by atoms with E-state index in [2.05, 4.69) is 66.6 Å². The molecule has 3 nitrogen and oxygen atoms in total. The van der Waals surface area contributed by atoms with Crippen molar-refractivity contribution in [3.05, 3.63) is 39.0 Å². The van der Waals surface area contributed by atoms with E-state index in [0.717, 1.165) is 32.8 Å². The number of anilines is 1. The summed E-state index contributed by atoms with van der Waals surface area (Å²) in [5.74, 6) is 1.47. The topological polar surface area (TPSA) is 29.9 Å². The van der Waals surface area contributed by atoms with Crippen molar-refractivity contribution in [3.63, 3.8) is 0 Å². The Kier molecular flexibility index (Phi) is 4.68. The van der Waals surface area contributed by atoms with Crippen LogP contribution in [0, 0.1) is 12.8 Å². The Labute approximate surface area is 130 Å². The van der Waals surface area contributed by atoms with Gasteiger partial charge in [0.2, 0.25) is 5.95 Å². The molecule has 0 aliphatic rings. The number of nitrogens with zero attached hydrogens (tertiary/aromatic N) is 2. The fourth-order valence-corrected chi connectivity index (χ4v) is 3.02. The zero-order chi connectivity index (χ0) is 14.0. The average molecular weight is 387 g/mol. The van der Waals surface area contributed by atoms with Gasteiger partial charge in [-0.15, -0.1) is 0 Å². The smallest absolute Gasteiger partial charge is 0.207 e. The summed E-state index contributed by atoms with van der Waals surface area (Å²) in [6, 6.07) is 6.13. The molecule has 1 N–H and O–H groups in total. The molecule has 19 heavy (non-hydrogen) atoms. The average Bonchev–Trinajstić information content (AvgIpc) is 2.67. The molecule has 1 aromatic carbocycles. The second kappa shape index (κ2) is 6.09. The van der Waals surface area contributed by atoms with Crippen molar-refractivity contribution in [2.45, 2.75) is 20.8 Å². The predicted octanol–water partition coefficient (Wildman–Crippen LogP) is 4.77. The number of rotatable bonds is 4. The third kappa shape index (κ3) is 3.60. The predicted molar refractivity (Wildman–Crippen MR) is 87.0 cm³/mol. The molecule has 0 aliphatic heterocycles. The van der Waals surface area contributed by atoms with Crippen LogP contribution in [0.2, 0.25) is 0 Å². The second-order valence-electron chi connectivity index (χ2n) is 4.95. The largest absolute Gasteiger partial charge is 0.355 e. The molecule has 0 radical (unpaired) electrons. The molecule has 0 fully saturated rings. The van der Waals surface area contributed by atoms with Gasteiger partial charge in [0.15, 0.2) is 0 Å². The van der Waals surface area contributed by atoms with E-state index in [1.54, 1.807) is 0 Å². The van der Waals surface area contributed by atoms with Crippen LogP contribution in [0.5, 0.6) is 0 Å². The summed E-state index contributed by atoms with van der Waals surface area (Å²) < 4.78 is 4.16. The highest BCUT2D eigenvalue weighted by Gasteiger charge is 2.10. The Morgan fingerprint density at radius 3 is 2.68 bits per heavy atom. The maximum atomic E-state index is 4.54. The lowest BCUT2D eigenvalue weighted by molar-refractivity contribution is 0.683. The van der Waals surface area contributed by atoms with Gasteiger partial charge in [0.1, 0.15) is 0 Å². The monoisotopic (exact) mass is 385 g/mol. The van der Waals surface area contributed by atoms with E-state index >= 15 is 0 Å². The highest BCUT2D eigenvalue weighted by molar-refractivity contribution is 9.11. The van der Waals surface area contributed by atoms with E-state index in [4.69, 9.17) is 0 Å². The van der Waals surface area contributed by atoms with Gasteiger partial charge in [0, 0.05) is 21.7 Å². The minimum Gasteiger partial charge on any atom is -0.355 e. The fourth-order valence-electron chi connectivity index (χ4n) is 1.78. The van der Waals surface area contributed by atoms with E-state index in [9.17, 15) is 0 Å². The molecule has 0 saturated heterocycles. The zero-order valence-corrected chi connectivity index (χ0v) is 14.4.